The van der Waals surface area contributed by atoms with E-state index < -0.39 is 0 Å². The molecule has 0 radical (unpaired) electrons. The van der Waals surface area contributed by atoms with Gasteiger partial charge in [0.1, 0.15) is 5.75 Å². The Morgan fingerprint density at radius 3 is 2.61 bits per heavy atom. The molecule has 1 aromatic heterocycles. The predicted molar refractivity (Wildman–Crippen MR) is 70.9 cm³/mol. The predicted octanol–water partition coefficient (Wildman–Crippen LogP) is 2.23. The van der Waals surface area contributed by atoms with Crippen LogP contribution < -0.4 is 4.74 Å². The summed E-state index contributed by atoms with van der Waals surface area (Å²) < 4.78 is 7.21. The molecule has 0 spiro atoms. The molecule has 0 saturated carbocycles. The van der Waals surface area contributed by atoms with E-state index in [1.165, 1.54) is 16.7 Å². The second kappa shape index (κ2) is 5.21. The largest absolute Gasteiger partial charge is 0.496 e. The van der Waals surface area contributed by atoms with Gasteiger partial charge in [-0.2, -0.15) is 0 Å². The molecule has 0 atom stereocenters. The van der Waals surface area contributed by atoms with Gasteiger partial charge in [-0.05, 0) is 37.8 Å². The zero-order valence-corrected chi connectivity index (χ0v) is 11.4. The first-order valence-corrected chi connectivity index (χ1v) is 6.09. The van der Waals surface area contributed by atoms with Crippen LogP contribution in [0.4, 0.5) is 0 Å². The molecule has 0 unspecified atom stereocenters. The maximum atomic E-state index is 5.48. The molecule has 2 aromatic rings. The summed E-state index contributed by atoms with van der Waals surface area (Å²) in [7, 11) is 3.61. The van der Waals surface area contributed by atoms with Crippen molar-refractivity contribution >= 4 is 0 Å². The van der Waals surface area contributed by atoms with Gasteiger partial charge in [0.05, 0.1) is 12.8 Å². The van der Waals surface area contributed by atoms with Crippen LogP contribution >= 0.6 is 0 Å². The molecule has 1 heterocycles. The second-order valence-corrected chi connectivity index (χ2v) is 4.66. The summed E-state index contributed by atoms with van der Waals surface area (Å²) in [5.74, 6) is 0.990. The van der Waals surface area contributed by atoms with E-state index >= 15 is 0 Å². The van der Waals surface area contributed by atoms with E-state index in [9.17, 15) is 0 Å². The van der Waals surface area contributed by atoms with Crippen LogP contribution in [-0.4, -0.2) is 22.1 Å². The zero-order valence-electron chi connectivity index (χ0n) is 11.4. The maximum absolute atomic E-state index is 5.48. The van der Waals surface area contributed by atoms with Crippen molar-refractivity contribution in [2.45, 2.75) is 26.7 Å². The van der Waals surface area contributed by atoms with Crippen LogP contribution in [-0.2, 0) is 19.9 Å². The van der Waals surface area contributed by atoms with Crippen LogP contribution in [0.5, 0.6) is 5.75 Å². The van der Waals surface area contributed by atoms with Crippen molar-refractivity contribution in [2.75, 3.05) is 7.11 Å². The lowest BCUT2D eigenvalue weighted by molar-refractivity contribution is 0.406. The summed E-state index contributed by atoms with van der Waals surface area (Å²) in [4.78, 5) is 0. The Kier molecular flexibility index (Phi) is 3.65. The number of hydrogen-bond acceptors (Lipinski definition) is 3. The highest BCUT2D eigenvalue weighted by atomic mass is 16.5. The number of hydrogen-bond donors (Lipinski definition) is 0. The average Bonchev–Trinajstić information content (AvgIpc) is 2.72. The van der Waals surface area contributed by atoms with Crippen LogP contribution in [0.25, 0.3) is 0 Å². The molecule has 18 heavy (non-hydrogen) atoms. The van der Waals surface area contributed by atoms with Crippen LogP contribution in [0.2, 0.25) is 0 Å². The standard InChI is InChI=1S/C14H19N3O/c1-10-7-11(2)14(18-4)12(8-10)5-6-13-9-17(3)16-15-13/h7-9H,5-6H2,1-4H3. The minimum atomic E-state index is 0.882. The van der Waals surface area contributed by atoms with Crippen molar-refractivity contribution in [3.63, 3.8) is 0 Å². The van der Waals surface area contributed by atoms with Crippen molar-refractivity contribution in [1.29, 1.82) is 0 Å². The van der Waals surface area contributed by atoms with Crippen LogP contribution in [0.1, 0.15) is 22.4 Å². The topological polar surface area (TPSA) is 39.9 Å². The van der Waals surface area contributed by atoms with E-state index in [1.807, 2.05) is 13.2 Å². The highest BCUT2D eigenvalue weighted by Gasteiger charge is 2.08. The summed E-state index contributed by atoms with van der Waals surface area (Å²) in [6, 6.07) is 4.33. The Morgan fingerprint density at radius 2 is 2.00 bits per heavy atom. The number of nitrogens with zero attached hydrogens (tertiary/aromatic N) is 3. The minimum absolute atomic E-state index is 0.882. The number of ether oxygens (including phenoxy) is 1. The fourth-order valence-corrected chi connectivity index (χ4v) is 2.29. The summed E-state index contributed by atoms with van der Waals surface area (Å²) in [5, 5.41) is 8.05. The lowest BCUT2D eigenvalue weighted by Crippen LogP contribution is -1.99. The molecule has 96 valence electrons. The minimum Gasteiger partial charge on any atom is -0.496 e. The summed E-state index contributed by atoms with van der Waals surface area (Å²) in [6.07, 6.45) is 3.76. The van der Waals surface area contributed by atoms with Crippen molar-refractivity contribution in [3.8, 4) is 5.75 Å². The van der Waals surface area contributed by atoms with E-state index in [0.717, 1.165) is 24.3 Å². The van der Waals surface area contributed by atoms with Crippen molar-refractivity contribution in [1.82, 2.24) is 15.0 Å². The molecule has 0 aliphatic heterocycles. The Balaban J connectivity index is 2.18. The van der Waals surface area contributed by atoms with Gasteiger partial charge in [0, 0.05) is 13.2 Å². The third kappa shape index (κ3) is 2.70. The Morgan fingerprint density at radius 1 is 1.22 bits per heavy atom. The maximum Gasteiger partial charge on any atom is 0.124 e. The van der Waals surface area contributed by atoms with Gasteiger partial charge in [0.25, 0.3) is 0 Å². The molecule has 0 fully saturated rings. The summed E-state index contributed by atoms with van der Waals surface area (Å²) >= 11 is 0. The third-order valence-corrected chi connectivity index (χ3v) is 3.00. The van der Waals surface area contributed by atoms with Gasteiger partial charge in [-0.3, -0.25) is 4.68 Å². The monoisotopic (exact) mass is 245 g/mol. The number of aryl methyl sites for hydroxylation is 5. The fourth-order valence-electron chi connectivity index (χ4n) is 2.29. The van der Waals surface area contributed by atoms with E-state index in [-0.39, 0.29) is 0 Å². The first-order valence-electron chi connectivity index (χ1n) is 6.09. The van der Waals surface area contributed by atoms with Gasteiger partial charge in [-0.25, -0.2) is 0 Å². The molecular weight excluding hydrogens is 226 g/mol. The molecule has 0 N–H and O–H groups in total. The molecule has 0 saturated heterocycles. The molecular formula is C14H19N3O. The quantitative estimate of drug-likeness (QED) is 0.829. The SMILES string of the molecule is COc1c(C)cc(C)cc1CCc1cn(C)nn1. The van der Waals surface area contributed by atoms with E-state index in [2.05, 4.69) is 36.3 Å². The smallest absolute Gasteiger partial charge is 0.124 e. The third-order valence-electron chi connectivity index (χ3n) is 3.00. The van der Waals surface area contributed by atoms with Crippen LogP contribution in [0, 0.1) is 13.8 Å². The molecule has 0 aliphatic carbocycles. The van der Waals surface area contributed by atoms with Gasteiger partial charge in [0.15, 0.2) is 0 Å². The number of rotatable bonds is 4. The Labute approximate surface area is 108 Å². The summed E-state index contributed by atoms with van der Waals surface area (Å²) in [5.41, 5.74) is 4.70. The number of aromatic nitrogens is 3. The van der Waals surface area contributed by atoms with Crippen LogP contribution in [0.15, 0.2) is 18.3 Å². The highest BCUT2D eigenvalue weighted by Crippen LogP contribution is 2.26. The lowest BCUT2D eigenvalue weighted by atomic mass is 10.0. The normalized spacial score (nSPS) is 10.7. The van der Waals surface area contributed by atoms with Crippen molar-refractivity contribution < 1.29 is 4.74 Å². The molecule has 4 heteroatoms. The molecule has 0 amide bonds. The Bertz CT molecular complexity index is 546. The molecule has 4 nitrogen and oxygen atoms in total. The summed E-state index contributed by atoms with van der Waals surface area (Å²) in [6.45, 7) is 4.19. The molecule has 2 rings (SSSR count). The van der Waals surface area contributed by atoms with Crippen LogP contribution in [0.3, 0.4) is 0 Å². The second-order valence-electron chi connectivity index (χ2n) is 4.66. The van der Waals surface area contributed by atoms with E-state index in [4.69, 9.17) is 4.74 Å². The van der Waals surface area contributed by atoms with Gasteiger partial charge < -0.3 is 4.74 Å². The molecule has 0 bridgehead atoms. The first kappa shape index (κ1) is 12.6. The van der Waals surface area contributed by atoms with Gasteiger partial charge in [-0.15, -0.1) is 5.10 Å². The first-order chi connectivity index (χ1) is 8.60. The van der Waals surface area contributed by atoms with Crippen molar-refractivity contribution in [2.24, 2.45) is 7.05 Å². The van der Waals surface area contributed by atoms with Gasteiger partial charge >= 0.3 is 0 Å². The van der Waals surface area contributed by atoms with E-state index in [0.29, 0.717) is 0 Å². The lowest BCUT2D eigenvalue weighted by Gasteiger charge is -2.12. The Hall–Kier alpha value is -1.84. The zero-order chi connectivity index (χ0) is 13.1. The fraction of sp³-hybridized carbons (Fsp3) is 0.429. The number of benzene rings is 1. The number of methoxy groups -OCH3 is 1. The highest BCUT2D eigenvalue weighted by molar-refractivity contribution is 5.44. The van der Waals surface area contributed by atoms with E-state index in [1.54, 1.807) is 11.8 Å². The van der Waals surface area contributed by atoms with Gasteiger partial charge in [-0.1, -0.05) is 22.9 Å². The molecule has 0 aliphatic rings. The van der Waals surface area contributed by atoms with Gasteiger partial charge in [0.2, 0.25) is 0 Å². The average molecular weight is 245 g/mol. The van der Waals surface area contributed by atoms with Crippen molar-refractivity contribution in [3.05, 3.63) is 40.7 Å². The molecule has 1 aromatic carbocycles.